The van der Waals surface area contributed by atoms with Gasteiger partial charge in [-0.3, -0.25) is 0 Å². The number of fused-ring (bicyclic) bond motifs is 2. The van der Waals surface area contributed by atoms with Crippen LogP contribution in [0.15, 0.2) is 57.3 Å². The summed E-state index contributed by atoms with van der Waals surface area (Å²) < 4.78 is 23.8. The summed E-state index contributed by atoms with van der Waals surface area (Å²) in [6, 6.07) is 9.55. The highest BCUT2D eigenvalue weighted by Crippen LogP contribution is 2.49. The Balaban J connectivity index is 1.87. The van der Waals surface area contributed by atoms with Gasteiger partial charge in [-0.1, -0.05) is 12.7 Å². The zero-order valence-electron chi connectivity index (χ0n) is 14.5. The maximum absolute atomic E-state index is 9.74. The van der Waals surface area contributed by atoms with E-state index >= 15 is 0 Å². The van der Waals surface area contributed by atoms with Crippen LogP contribution in [0, 0.1) is 11.3 Å². The number of benzene rings is 2. The molecule has 2 aromatic rings. The second kappa shape index (κ2) is 7.41. The highest BCUT2D eigenvalue weighted by molar-refractivity contribution is 9.11. The van der Waals surface area contributed by atoms with Gasteiger partial charge in [-0.2, -0.15) is 5.26 Å². The minimum Gasteiger partial charge on any atom is -0.487 e. The van der Waals surface area contributed by atoms with E-state index in [0.29, 0.717) is 35.2 Å². The van der Waals surface area contributed by atoms with Crippen molar-refractivity contribution in [2.45, 2.75) is 5.92 Å². The van der Waals surface area contributed by atoms with Crippen LogP contribution in [0.3, 0.4) is 0 Å². The smallest absolute Gasteiger partial charge is 0.231 e. The molecule has 142 valence electrons. The highest BCUT2D eigenvalue weighted by Gasteiger charge is 2.34. The second-order valence-corrected chi connectivity index (χ2v) is 7.79. The Morgan fingerprint density at radius 2 is 1.86 bits per heavy atom. The molecule has 0 unspecified atom stereocenters. The van der Waals surface area contributed by atoms with Crippen LogP contribution in [0.5, 0.6) is 23.0 Å². The third-order valence-corrected chi connectivity index (χ3v) is 5.59. The fourth-order valence-corrected chi connectivity index (χ4v) is 4.67. The Bertz CT molecular complexity index is 1040. The number of ether oxygens (including phenoxy) is 4. The van der Waals surface area contributed by atoms with Gasteiger partial charge in [0.1, 0.15) is 29.7 Å². The first-order valence-corrected chi connectivity index (χ1v) is 9.85. The molecule has 2 N–H and O–H groups in total. The lowest BCUT2D eigenvalue weighted by Crippen LogP contribution is -2.21. The lowest BCUT2D eigenvalue weighted by atomic mass is 9.83. The maximum Gasteiger partial charge on any atom is 0.231 e. The first-order valence-electron chi connectivity index (χ1n) is 8.27. The van der Waals surface area contributed by atoms with Gasteiger partial charge in [-0.15, -0.1) is 0 Å². The topological polar surface area (TPSA) is 86.7 Å². The van der Waals surface area contributed by atoms with E-state index in [4.69, 9.17) is 24.7 Å². The normalized spacial score (nSPS) is 16.8. The molecule has 0 saturated heterocycles. The van der Waals surface area contributed by atoms with Crippen molar-refractivity contribution in [2.75, 3.05) is 13.4 Å². The number of halogens is 2. The summed E-state index contributed by atoms with van der Waals surface area (Å²) in [6.07, 6.45) is 1.67. The maximum atomic E-state index is 9.74. The third-order valence-electron chi connectivity index (χ3n) is 4.41. The molecule has 2 aromatic carbocycles. The van der Waals surface area contributed by atoms with Crippen molar-refractivity contribution in [3.8, 4) is 29.1 Å². The number of allylic oxidation sites excluding steroid dienone is 1. The van der Waals surface area contributed by atoms with E-state index in [1.54, 1.807) is 12.1 Å². The van der Waals surface area contributed by atoms with Gasteiger partial charge in [0.15, 0.2) is 11.5 Å². The molecule has 2 aliphatic rings. The van der Waals surface area contributed by atoms with Gasteiger partial charge in [0, 0.05) is 11.6 Å². The summed E-state index contributed by atoms with van der Waals surface area (Å²) in [7, 11) is 0. The van der Waals surface area contributed by atoms with Crippen LogP contribution in [0.2, 0.25) is 0 Å². The van der Waals surface area contributed by atoms with Crippen LogP contribution in [0.4, 0.5) is 0 Å². The fourth-order valence-electron chi connectivity index (χ4n) is 3.22. The van der Waals surface area contributed by atoms with Gasteiger partial charge in [0.2, 0.25) is 12.7 Å². The molecule has 0 saturated carbocycles. The first-order chi connectivity index (χ1) is 13.5. The molecule has 4 rings (SSSR count). The molecule has 8 heteroatoms. The largest absolute Gasteiger partial charge is 0.487 e. The van der Waals surface area contributed by atoms with Crippen LogP contribution in [0.1, 0.15) is 17.0 Å². The summed E-state index contributed by atoms with van der Waals surface area (Å²) in [5, 5.41) is 9.74. The van der Waals surface area contributed by atoms with Gasteiger partial charge in [0.05, 0.1) is 14.9 Å². The predicted molar refractivity (Wildman–Crippen MR) is 109 cm³/mol. The van der Waals surface area contributed by atoms with Crippen molar-refractivity contribution in [2.24, 2.45) is 5.73 Å². The number of hydrogen-bond donors (Lipinski definition) is 1. The molecule has 0 fully saturated rings. The molecule has 0 bridgehead atoms. The Morgan fingerprint density at radius 3 is 2.50 bits per heavy atom. The highest BCUT2D eigenvalue weighted by atomic mass is 79.9. The van der Waals surface area contributed by atoms with Crippen molar-refractivity contribution in [1.29, 1.82) is 5.26 Å². The van der Waals surface area contributed by atoms with Gasteiger partial charge in [-0.25, -0.2) is 0 Å². The molecule has 2 aliphatic heterocycles. The van der Waals surface area contributed by atoms with E-state index in [1.165, 1.54) is 0 Å². The first kappa shape index (κ1) is 18.7. The average Bonchev–Trinajstić information content (AvgIpc) is 3.11. The molecule has 1 atom stereocenters. The minimum absolute atomic E-state index is 0.0677. The predicted octanol–water partition coefficient (Wildman–Crippen LogP) is 4.72. The van der Waals surface area contributed by atoms with Gasteiger partial charge in [0.25, 0.3) is 0 Å². The summed E-state index contributed by atoms with van der Waals surface area (Å²) in [5.74, 6) is 2.01. The zero-order chi connectivity index (χ0) is 19.8. The SMILES string of the molecule is C=CCOc1c(Br)cc([C@@H]2C(C#N)=C(N)Oc3cc4c(cc32)OCO4)cc1Br. The van der Waals surface area contributed by atoms with Crippen LogP contribution in [-0.2, 0) is 0 Å². The summed E-state index contributed by atoms with van der Waals surface area (Å²) in [6.45, 7) is 4.18. The second-order valence-electron chi connectivity index (χ2n) is 6.08. The number of hydrogen-bond acceptors (Lipinski definition) is 6. The Labute approximate surface area is 178 Å². The minimum atomic E-state index is -0.427. The molecule has 0 aliphatic carbocycles. The number of nitrogens with two attached hydrogens (primary N) is 1. The van der Waals surface area contributed by atoms with Crippen LogP contribution in [-0.4, -0.2) is 13.4 Å². The van der Waals surface area contributed by atoms with E-state index in [2.05, 4.69) is 44.5 Å². The summed E-state index contributed by atoms with van der Waals surface area (Å²) >= 11 is 7.09. The third kappa shape index (κ3) is 3.11. The van der Waals surface area contributed by atoms with E-state index in [0.717, 1.165) is 20.1 Å². The molecular weight excluding hydrogens is 492 g/mol. The number of nitrogens with zero attached hydrogens (tertiary/aromatic N) is 1. The van der Waals surface area contributed by atoms with Gasteiger partial charge >= 0.3 is 0 Å². The van der Waals surface area contributed by atoms with E-state index in [9.17, 15) is 5.26 Å². The Morgan fingerprint density at radius 1 is 1.18 bits per heavy atom. The van der Waals surface area contributed by atoms with Gasteiger partial charge in [-0.05, 0) is 55.6 Å². The number of rotatable bonds is 4. The van der Waals surface area contributed by atoms with Crippen LogP contribution < -0.4 is 24.7 Å². The zero-order valence-corrected chi connectivity index (χ0v) is 17.7. The van der Waals surface area contributed by atoms with Crippen molar-refractivity contribution >= 4 is 31.9 Å². The van der Waals surface area contributed by atoms with Crippen molar-refractivity contribution in [3.05, 3.63) is 68.4 Å². The molecule has 6 nitrogen and oxygen atoms in total. The van der Waals surface area contributed by atoms with Crippen molar-refractivity contribution < 1.29 is 18.9 Å². The molecule has 0 spiro atoms. The van der Waals surface area contributed by atoms with Crippen molar-refractivity contribution in [1.82, 2.24) is 0 Å². The molecule has 0 aromatic heterocycles. The van der Waals surface area contributed by atoms with E-state index in [1.807, 2.05) is 18.2 Å². The van der Waals surface area contributed by atoms with Crippen LogP contribution in [0.25, 0.3) is 0 Å². The Kier molecular flexibility index (Phi) is 4.96. The summed E-state index contributed by atoms with van der Waals surface area (Å²) in [4.78, 5) is 0. The average molecular weight is 506 g/mol. The fraction of sp³-hybridized carbons (Fsp3) is 0.150. The lowest BCUT2D eigenvalue weighted by Gasteiger charge is -2.27. The number of nitriles is 1. The lowest BCUT2D eigenvalue weighted by molar-refractivity contribution is 0.174. The van der Waals surface area contributed by atoms with E-state index in [-0.39, 0.29) is 12.7 Å². The quantitative estimate of drug-likeness (QED) is 0.605. The van der Waals surface area contributed by atoms with Crippen molar-refractivity contribution in [3.63, 3.8) is 0 Å². The molecule has 0 amide bonds. The van der Waals surface area contributed by atoms with Gasteiger partial charge < -0.3 is 24.7 Å². The standard InChI is InChI=1S/C20H14Br2N2O4/c1-2-3-25-19-13(21)4-10(5-14(19)22)18-11-6-16-17(27-9-26-16)7-15(11)28-20(24)12(18)8-23/h2,4-7,18H,1,3,9,24H2/t18-/m0/s1. The molecular formula is C20H14Br2N2O4. The molecule has 28 heavy (non-hydrogen) atoms. The molecule has 0 radical (unpaired) electrons. The van der Waals surface area contributed by atoms with Crippen LogP contribution >= 0.6 is 31.9 Å². The molecule has 2 heterocycles. The van der Waals surface area contributed by atoms with E-state index < -0.39 is 5.92 Å². The monoisotopic (exact) mass is 504 g/mol. The summed E-state index contributed by atoms with van der Waals surface area (Å²) in [5.41, 5.74) is 7.99. The Hall–Kier alpha value is -2.63.